The second kappa shape index (κ2) is 7.28. The maximum Gasteiger partial charge on any atom is 0.419 e. The average molecular weight is 307 g/mol. The molecule has 0 heterocycles. The summed E-state index contributed by atoms with van der Waals surface area (Å²) in [5, 5.41) is 2.66. The fourth-order valence-electron chi connectivity index (χ4n) is 1.81. The Morgan fingerprint density at radius 3 is 2.52 bits per heavy atom. The molecular weight excluding hydrogens is 290 g/mol. The molecule has 0 spiro atoms. The second-order valence-corrected chi connectivity index (χ2v) is 4.43. The molecule has 0 bridgehead atoms. The first-order chi connectivity index (χ1) is 9.79. The number of rotatable bonds is 6. The minimum atomic E-state index is -4.79. The lowest BCUT2D eigenvalue weighted by atomic mass is 10.1. The van der Waals surface area contributed by atoms with Crippen LogP contribution in [0.4, 0.5) is 23.2 Å². The first-order valence-electron chi connectivity index (χ1n) is 6.59. The van der Waals surface area contributed by atoms with Crippen molar-refractivity contribution in [1.29, 1.82) is 0 Å². The third-order valence-electron chi connectivity index (χ3n) is 2.76. The van der Waals surface area contributed by atoms with Crippen molar-refractivity contribution in [3.05, 3.63) is 29.6 Å². The summed E-state index contributed by atoms with van der Waals surface area (Å²) in [6, 6.07) is 1.77. The zero-order valence-electron chi connectivity index (χ0n) is 11.8. The minimum absolute atomic E-state index is 0.0234. The van der Waals surface area contributed by atoms with E-state index in [-0.39, 0.29) is 12.3 Å². The number of benzene rings is 1. The predicted octanol–water partition coefficient (Wildman–Crippen LogP) is 3.99. The molecule has 21 heavy (non-hydrogen) atoms. The van der Waals surface area contributed by atoms with Gasteiger partial charge in [0.2, 0.25) is 0 Å². The number of esters is 1. The standard InChI is InChI=1S/C14H17F4NO2/c1-3-5-12(13(20)21-4-2)19-9-6-7-11(15)10(8-9)14(16,17)18/h6-8,12,19H,3-5H2,1-2H3. The number of ether oxygens (including phenoxy) is 1. The van der Waals surface area contributed by atoms with Crippen LogP contribution >= 0.6 is 0 Å². The number of halogens is 4. The minimum Gasteiger partial charge on any atom is -0.464 e. The molecule has 1 rings (SSSR count). The molecule has 0 radical (unpaired) electrons. The van der Waals surface area contributed by atoms with E-state index in [1.807, 2.05) is 6.92 Å². The Bertz CT molecular complexity index is 488. The Kier molecular flexibility index (Phi) is 5.99. The molecule has 0 aliphatic carbocycles. The van der Waals surface area contributed by atoms with Crippen LogP contribution in [-0.2, 0) is 15.7 Å². The van der Waals surface area contributed by atoms with Gasteiger partial charge in [0, 0.05) is 5.69 Å². The molecule has 118 valence electrons. The second-order valence-electron chi connectivity index (χ2n) is 4.43. The lowest BCUT2D eigenvalue weighted by Gasteiger charge is -2.19. The summed E-state index contributed by atoms with van der Waals surface area (Å²) in [5.74, 6) is -1.89. The number of anilines is 1. The van der Waals surface area contributed by atoms with Gasteiger partial charge in [0.1, 0.15) is 11.9 Å². The molecule has 0 fully saturated rings. The van der Waals surface area contributed by atoms with Crippen molar-refractivity contribution in [3.8, 4) is 0 Å². The van der Waals surface area contributed by atoms with Crippen molar-refractivity contribution < 1.29 is 27.1 Å². The van der Waals surface area contributed by atoms with Crippen LogP contribution in [-0.4, -0.2) is 18.6 Å². The molecule has 0 saturated heterocycles. The van der Waals surface area contributed by atoms with Gasteiger partial charge in [0.15, 0.2) is 0 Å². The fourth-order valence-corrected chi connectivity index (χ4v) is 1.81. The molecule has 1 aromatic rings. The number of hydrogen-bond donors (Lipinski definition) is 1. The van der Waals surface area contributed by atoms with E-state index in [0.717, 1.165) is 12.1 Å². The van der Waals surface area contributed by atoms with E-state index < -0.39 is 29.6 Å². The maximum atomic E-state index is 13.2. The highest BCUT2D eigenvalue weighted by Gasteiger charge is 2.34. The average Bonchev–Trinajstić information content (AvgIpc) is 2.39. The van der Waals surface area contributed by atoms with Gasteiger partial charge in [-0.15, -0.1) is 0 Å². The van der Waals surface area contributed by atoms with Crippen molar-refractivity contribution in [2.45, 2.75) is 38.9 Å². The Labute approximate surface area is 120 Å². The van der Waals surface area contributed by atoms with Gasteiger partial charge >= 0.3 is 12.1 Å². The predicted molar refractivity (Wildman–Crippen MR) is 70.4 cm³/mol. The monoisotopic (exact) mass is 307 g/mol. The third kappa shape index (κ3) is 4.91. The molecule has 7 heteroatoms. The number of alkyl halides is 3. The van der Waals surface area contributed by atoms with E-state index in [2.05, 4.69) is 5.32 Å². The van der Waals surface area contributed by atoms with Crippen LogP contribution in [0, 0.1) is 5.82 Å². The van der Waals surface area contributed by atoms with Gasteiger partial charge in [-0.3, -0.25) is 0 Å². The SMILES string of the molecule is CCCC(Nc1ccc(F)c(C(F)(F)F)c1)C(=O)OCC. The van der Waals surface area contributed by atoms with Crippen molar-refractivity contribution in [1.82, 2.24) is 0 Å². The zero-order chi connectivity index (χ0) is 16.0. The van der Waals surface area contributed by atoms with Gasteiger partial charge in [-0.1, -0.05) is 13.3 Å². The van der Waals surface area contributed by atoms with E-state index in [1.165, 1.54) is 0 Å². The summed E-state index contributed by atoms with van der Waals surface area (Å²) in [4.78, 5) is 11.7. The molecule has 1 unspecified atom stereocenters. The summed E-state index contributed by atoms with van der Waals surface area (Å²) in [7, 11) is 0. The number of carbonyl (C=O) groups is 1. The van der Waals surface area contributed by atoms with Gasteiger partial charge in [-0.25, -0.2) is 9.18 Å². The van der Waals surface area contributed by atoms with Crippen LogP contribution in [0.15, 0.2) is 18.2 Å². The Hall–Kier alpha value is -1.79. The van der Waals surface area contributed by atoms with Gasteiger partial charge in [-0.05, 0) is 31.5 Å². The number of carbonyl (C=O) groups excluding carboxylic acids is 1. The van der Waals surface area contributed by atoms with Gasteiger partial charge in [0.25, 0.3) is 0 Å². The highest BCUT2D eigenvalue weighted by atomic mass is 19.4. The summed E-state index contributed by atoms with van der Waals surface area (Å²) < 4.78 is 55.9. The largest absolute Gasteiger partial charge is 0.464 e. The molecule has 1 N–H and O–H groups in total. The Morgan fingerprint density at radius 2 is 2.00 bits per heavy atom. The van der Waals surface area contributed by atoms with Crippen molar-refractivity contribution >= 4 is 11.7 Å². The highest BCUT2D eigenvalue weighted by molar-refractivity contribution is 5.79. The van der Waals surface area contributed by atoms with E-state index in [4.69, 9.17) is 4.74 Å². The van der Waals surface area contributed by atoms with Crippen LogP contribution in [0.5, 0.6) is 0 Å². The summed E-state index contributed by atoms with van der Waals surface area (Å²) in [5.41, 5.74) is -1.35. The molecule has 0 aliphatic rings. The lowest BCUT2D eigenvalue weighted by Crippen LogP contribution is -2.31. The normalized spacial score (nSPS) is 12.9. The van der Waals surface area contributed by atoms with Crippen molar-refractivity contribution in [2.75, 3.05) is 11.9 Å². The van der Waals surface area contributed by atoms with Gasteiger partial charge in [0.05, 0.1) is 12.2 Å². The number of hydrogen-bond acceptors (Lipinski definition) is 3. The summed E-state index contributed by atoms with van der Waals surface area (Å²) in [6.07, 6.45) is -3.74. The van der Waals surface area contributed by atoms with Crippen LogP contribution in [0.1, 0.15) is 32.3 Å². The van der Waals surface area contributed by atoms with Crippen LogP contribution in [0.2, 0.25) is 0 Å². The zero-order valence-corrected chi connectivity index (χ0v) is 11.8. The molecule has 1 aromatic carbocycles. The van der Waals surface area contributed by atoms with Crippen LogP contribution in [0.3, 0.4) is 0 Å². The molecule has 0 saturated carbocycles. The van der Waals surface area contributed by atoms with Gasteiger partial charge < -0.3 is 10.1 Å². The highest BCUT2D eigenvalue weighted by Crippen LogP contribution is 2.33. The summed E-state index contributed by atoms with van der Waals surface area (Å²) >= 11 is 0. The molecule has 1 atom stereocenters. The van der Waals surface area contributed by atoms with E-state index in [9.17, 15) is 22.4 Å². The summed E-state index contributed by atoms with van der Waals surface area (Å²) in [6.45, 7) is 3.65. The van der Waals surface area contributed by atoms with E-state index in [1.54, 1.807) is 6.92 Å². The third-order valence-corrected chi connectivity index (χ3v) is 2.76. The quantitative estimate of drug-likeness (QED) is 0.638. The van der Waals surface area contributed by atoms with Gasteiger partial charge in [-0.2, -0.15) is 13.2 Å². The smallest absolute Gasteiger partial charge is 0.419 e. The van der Waals surface area contributed by atoms with Crippen LogP contribution in [0.25, 0.3) is 0 Å². The molecule has 0 amide bonds. The molecule has 0 aromatic heterocycles. The first kappa shape index (κ1) is 17.3. The maximum absolute atomic E-state index is 13.2. The first-order valence-corrected chi connectivity index (χ1v) is 6.59. The fraction of sp³-hybridized carbons (Fsp3) is 0.500. The van der Waals surface area contributed by atoms with E-state index in [0.29, 0.717) is 18.9 Å². The number of nitrogens with one attached hydrogen (secondary N) is 1. The Morgan fingerprint density at radius 1 is 1.33 bits per heavy atom. The molecular formula is C14H17F4NO2. The molecule has 0 aliphatic heterocycles. The molecule has 3 nitrogen and oxygen atoms in total. The van der Waals surface area contributed by atoms with E-state index >= 15 is 0 Å². The van der Waals surface area contributed by atoms with Crippen LogP contribution < -0.4 is 5.32 Å². The lowest BCUT2D eigenvalue weighted by molar-refractivity contribution is -0.144. The Balaban J connectivity index is 2.96. The topological polar surface area (TPSA) is 38.3 Å². The van der Waals surface area contributed by atoms with Crippen molar-refractivity contribution in [3.63, 3.8) is 0 Å². The van der Waals surface area contributed by atoms with Crippen molar-refractivity contribution in [2.24, 2.45) is 0 Å².